The molecule has 0 aromatic heterocycles. The zero-order valence-electron chi connectivity index (χ0n) is 15.3. The molecular formula is C21H25BrN2O2. The van der Waals surface area contributed by atoms with Crippen molar-refractivity contribution in [3.05, 3.63) is 59.7 Å². The highest BCUT2D eigenvalue weighted by Gasteiger charge is 2.52. The number of β-amino-alcohol motifs (C(OH)–C–C–N with tert-alkyl or cyclic N) is 1. The molecule has 2 aliphatic heterocycles. The second-order valence-corrected chi connectivity index (χ2v) is 6.94. The molecule has 5 heteroatoms. The molecule has 0 saturated carbocycles. The van der Waals surface area contributed by atoms with E-state index in [0.717, 1.165) is 30.7 Å². The van der Waals surface area contributed by atoms with Crippen LogP contribution in [0.4, 0.5) is 5.69 Å². The molecule has 2 aromatic rings. The quantitative estimate of drug-likeness (QED) is 0.729. The lowest BCUT2D eigenvalue weighted by molar-refractivity contribution is -0.661. The van der Waals surface area contributed by atoms with E-state index in [1.54, 1.807) is 7.11 Å². The SMILES string of the molecule is COc1ccc(C2(O)CN(c3ccccc3C)C3=[N+]2CCCC3)cc1.[Br-]. The van der Waals surface area contributed by atoms with Crippen LogP contribution in [0, 0.1) is 6.92 Å². The van der Waals surface area contributed by atoms with E-state index in [9.17, 15) is 5.11 Å². The third-order valence-electron chi connectivity index (χ3n) is 5.44. The second-order valence-electron chi connectivity index (χ2n) is 6.94. The van der Waals surface area contributed by atoms with Crippen LogP contribution in [0.3, 0.4) is 0 Å². The zero-order valence-corrected chi connectivity index (χ0v) is 16.9. The van der Waals surface area contributed by atoms with Gasteiger partial charge in [-0.15, -0.1) is 0 Å². The van der Waals surface area contributed by atoms with Crippen LogP contribution in [0.2, 0.25) is 0 Å². The molecule has 0 spiro atoms. The summed E-state index contributed by atoms with van der Waals surface area (Å²) < 4.78 is 7.47. The van der Waals surface area contributed by atoms with Gasteiger partial charge in [-0.05, 0) is 55.7 Å². The summed E-state index contributed by atoms with van der Waals surface area (Å²) in [5, 5.41) is 11.7. The van der Waals surface area contributed by atoms with Crippen molar-refractivity contribution in [1.82, 2.24) is 0 Å². The van der Waals surface area contributed by atoms with Gasteiger partial charge < -0.3 is 26.8 Å². The highest BCUT2D eigenvalue weighted by atomic mass is 79.9. The Balaban J connectivity index is 0.00000196. The van der Waals surface area contributed by atoms with Crippen LogP contribution in [0.25, 0.3) is 0 Å². The number of benzene rings is 2. The summed E-state index contributed by atoms with van der Waals surface area (Å²) in [6, 6.07) is 16.2. The largest absolute Gasteiger partial charge is 1.00 e. The second kappa shape index (κ2) is 7.41. The average Bonchev–Trinajstić information content (AvgIpc) is 2.97. The summed E-state index contributed by atoms with van der Waals surface area (Å²) in [7, 11) is 1.66. The zero-order chi connectivity index (χ0) is 17.4. The standard InChI is InChI=1S/C21H25N2O2.BrH/c1-16-7-3-4-8-19(16)22-15-21(24,23-14-6-5-9-20(22)23)17-10-12-18(25-2)13-11-17;/h3-4,7-8,10-13,24H,5-6,9,14-15H2,1-2H3;1H/q+1;/p-1. The first-order chi connectivity index (χ1) is 12.1. The van der Waals surface area contributed by atoms with Gasteiger partial charge in [0.25, 0.3) is 11.6 Å². The van der Waals surface area contributed by atoms with E-state index in [-0.39, 0.29) is 17.0 Å². The monoisotopic (exact) mass is 416 g/mol. The molecule has 4 rings (SSSR count). The number of nitrogens with zero attached hydrogens (tertiary/aromatic N) is 2. The Morgan fingerprint density at radius 1 is 1.08 bits per heavy atom. The Morgan fingerprint density at radius 2 is 1.81 bits per heavy atom. The molecule has 1 N–H and O–H groups in total. The lowest BCUT2D eigenvalue weighted by Gasteiger charge is -2.24. The van der Waals surface area contributed by atoms with Crippen molar-refractivity contribution in [3.63, 3.8) is 0 Å². The molecular weight excluding hydrogens is 392 g/mol. The molecule has 138 valence electrons. The van der Waals surface area contributed by atoms with Crippen LogP contribution >= 0.6 is 0 Å². The molecule has 1 unspecified atom stereocenters. The summed E-state index contributed by atoms with van der Waals surface area (Å²) in [6.45, 7) is 3.58. The van der Waals surface area contributed by atoms with E-state index >= 15 is 0 Å². The summed E-state index contributed by atoms with van der Waals surface area (Å²) in [4.78, 5) is 2.30. The molecule has 2 aromatic carbocycles. The molecule has 0 aliphatic carbocycles. The first-order valence-electron chi connectivity index (χ1n) is 8.97. The fourth-order valence-electron chi connectivity index (χ4n) is 4.09. The average molecular weight is 417 g/mol. The molecule has 0 radical (unpaired) electrons. The summed E-state index contributed by atoms with van der Waals surface area (Å²) in [6.07, 6.45) is 3.29. The van der Waals surface area contributed by atoms with Gasteiger partial charge in [-0.1, -0.05) is 18.2 Å². The van der Waals surface area contributed by atoms with Crippen molar-refractivity contribution in [2.24, 2.45) is 0 Å². The van der Waals surface area contributed by atoms with Crippen LogP contribution in [-0.2, 0) is 5.72 Å². The number of para-hydroxylation sites is 1. The van der Waals surface area contributed by atoms with E-state index in [4.69, 9.17) is 4.74 Å². The Hall–Kier alpha value is -1.85. The molecule has 0 amide bonds. The van der Waals surface area contributed by atoms with Gasteiger partial charge >= 0.3 is 0 Å². The topological polar surface area (TPSA) is 35.7 Å². The molecule has 0 fully saturated rings. The number of anilines is 1. The highest BCUT2D eigenvalue weighted by Crippen LogP contribution is 2.37. The van der Waals surface area contributed by atoms with Crippen LogP contribution in [0.5, 0.6) is 5.75 Å². The van der Waals surface area contributed by atoms with Gasteiger partial charge in [0.15, 0.2) is 6.54 Å². The van der Waals surface area contributed by atoms with E-state index in [0.29, 0.717) is 6.54 Å². The van der Waals surface area contributed by atoms with E-state index in [2.05, 4.69) is 40.7 Å². The van der Waals surface area contributed by atoms with Gasteiger partial charge in [0.05, 0.1) is 13.7 Å². The Morgan fingerprint density at radius 3 is 2.50 bits per heavy atom. The van der Waals surface area contributed by atoms with Gasteiger partial charge in [0, 0.05) is 12.0 Å². The Kier molecular flexibility index (Phi) is 5.39. The number of ether oxygens (including phenoxy) is 1. The molecule has 1 atom stereocenters. The van der Waals surface area contributed by atoms with Crippen LogP contribution < -0.4 is 26.6 Å². The Bertz CT molecular complexity index is 819. The molecule has 26 heavy (non-hydrogen) atoms. The van der Waals surface area contributed by atoms with Crippen molar-refractivity contribution in [2.45, 2.75) is 31.9 Å². The molecule has 0 bridgehead atoms. The molecule has 4 nitrogen and oxygen atoms in total. The minimum Gasteiger partial charge on any atom is -1.00 e. The smallest absolute Gasteiger partial charge is 0.271 e. The first-order valence-corrected chi connectivity index (χ1v) is 8.97. The summed E-state index contributed by atoms with van der Waals surface area (Å²) in [5.41, 5.74) is 2.35. The van der Waals surface area contributed by atoms with Gasteiger partial charge in [0.1, 0.15) is 11.4 Å². The Labute approximate surface area is 165 Å². The van der Waals surface area contributed by atoms with Crippen molar-refractivity contribution in [1.29, 1.82) is 0 Å². The third kappa shape index (κ3) is 3.03. The van der Waals surface area contributed by atoms with Crippen LogP contribution in [-0.4, -0.2) is 35.7 Å². The fraction of sp³-hybridized carbons (Fsp3) is 0.381. The lowest BCUT2D eigenvalue weighted by atomic mass is 10.0. The number of hydrogen-bond acceptors (Lipinski definition) is 3. The van der Waals surface area contributed by atoms with Crippen molar-refractivity contribution in [3.8, 4) is 5.75 Å². The predicted molar refractivity (Wildman–Crippen MR) is 99.4 cm³/mol. The van der Waals surface area contributed by atoms with Gasteiger partial charge in [-0.3, -0.25) is 0 Å². The number of rotatable bonds is 3. The molecule has 0 saturated heterocycles. The number of hydrogen-bond donors (Lipinski definition) is 1. The number of halogens is 1. The molecule has 2 aliphatic rings. The van der Waals surface area contributed by atoms with E-state index < -0.39 is 5.72 Å². The first kappa shape index (κ1) is 18.9. The van der Waals surface area contributed by atoms with Crippen LogP contribution in [0.1, 0.15) is 30.4 Å². The maximum Gasteiger partial charge on any atom is 0.271 e. The van der Waals surface area contributed by atoms with Crippen molar-refractivity contribution >= 4 is 11.5 Å². The third-order valence-corrected chi connectivity index (χ3v) is 5.44. The van der Waals surface area contributed by atoms with Gasteiger partial charge in [-0.25, -0.2) is 9.48 Å². The van der Waals surface area contributed by atoms with Crippen LogP contribution in [0.15, 0.2) is 48.5 Å². The fourth-order valence-corrected chi connectivity index (χ4v) is 4.09. The summed E-state index contributed by atoms with van der Waals surface area (Å²) >= 11 is 0. The van der Waals surface area contributed by atoms with E-state index in [1.807, 2.05) is 24.3 Å². The minimum absolute atomic E-state index is 0. The maximum absolute atomic E-state index is 11.7. The summed E-state index contributed by atoms with van der Waals surface area (Å²) in [5.74, 6) is 2.04. The lowest BCUT2D eigenvalue weighted by Crippen LogP contribution is -3.00. The number of amidine groups is 1. The van der Waals surface area contributed by atoms with Crippen molar-refractivity contribution < 1.29 is 31.4 Å². The van der Waals surface area contributed by atoms with Gasteiger partial charge in [0.2, 0.25) is 0 Å². The number of aliphatic hydroxyl groups is 1. The predicted octanol–water partition coefficient (Wildman–Crippen LogP) is 0.268. The molecule has 2 heterocycles. The van der Waals surface area contributed by atoms with Gasteiger partial charge in [-0.2, -0.15) is 0 Å². The van der Waals surface area contributed by atoms with E-state index in [1.165, 1.54) is 23.5 Å². The minimum atomic E-state index is -0.996. The van der Waals surface area contributed by atoms with Crippen molar-refractivity contribution in [2.75, 3.05) is 25.1 Å². The normalized spacial score (nSPS) is 22.0. The maximum atomic E-state index is 11.7. The number of aryl methyl sites for hydroxylation is 1. The highest BCUT2D eigenvalue weighted by molar-refractivity contribution is 5.96. The number of methoxy groups -OCH3 is 1.